The fraction of sp³-hybridized carbons (Fsp3) is 0.444. The number of benzene rings is 1. The number of likely N-dealkylation sites (tertiary alicyclic amines) is 1. The van der Waals surface area contributed by atoms with Crippen LogP contribution >= 0.6 is 0 Å². The van der Waals surface area contributed by atoms with Crippen LogP contribution in [0, 0.1) is 0 Å². The molecule has 5 heteroatoms. The number of hydrogen-bond acceptors (Lipinski definition) is 3. The Balaban J connectivity index is 1.73. The van der Waals surface area contributed by atoms with Gasteiger partial charge in [0.2, 0.25) is 5.56 Å². The Hall–Kier alpha value is -2.14. The third kappa shape index (κ3) is 3.62. The Morgan fingerprint density at radius 1 is 1.30 bits per heavy atom. The highest BCUT2D eigenvalue weighted by Gasteiger charge is 2.21. The van der Waals surface area contributed by atoms with Gasteiger partial charge >= 0.3 is 0 Å². The van der Waals surface area contributed by atoms with Crippen LogP contribution in [0.3, 0.4) is 0 Å². The van der Waals surface area contributed by atoms with Crippen molar-refractivity contribution in [3.05, 3.63) is 46.2 Å². The number of aromatic amines is 1. The van der Waals surface area contributed by atoms with E-state index in [9.17, 15) is 9.59 Å². The number of fused-ring (bicyclic) bond motifs is 1. The molecule has 1 aromatic carbocycles. The number of carbonyl (C=O) groups excluding carboxylic acids is 1. The number of H-pyrrole nitrogens is 1. The normalized spacial score (nSPS) is 16.6. The fourth-order valence-electron chi connectivity index (χ4n) is 3.27. The molecule has 1 aliphatic heterocycles. The average Bonchev–Trinajstić information content (AvgIpc) is 2.56. The molecule has 0 atom stereocenters. The van der Waals surface area contributed by atoms with Gasteiger partial charge in [-0.1, -0.05) is 25.1 Å². The summed E-state index contributed by atoms with van der Waals surface area (Å²) in [6, 6.07) is 8.99. The average molecular weight is 313 g/mol. The van der Waals surface area contributed by atoms with Gasteiger partial charge in [-0.05, 0) is 31.9 Å². The van der Waals surface area contributed by atoms with E-state index < -0.39 is 0 Å². The summed E-state index contributed by atoms with van der Waals surface area (Å²) in [7, 11) is 0. The standard InChI is InChI=1S/C18H23N3O2/c1-2-9-21-10-7-13(8-11-21)19-18(23)15-12-17(22)20-16-6-4-3-5-14(15)16/h3-6,12-13H,2,7-11H2,1H3,(H,19,23)(H,20,22). The van der Waals surface area contributed by atoms with Crippen LogP contribution in [0.2, 0.25) is 0 Å². The first-order valence-electron chi connectivity index (χ1n) is 8.32. The third-order valence-electron chi connectivity index (χ3n) is 4.46. The molecule has 0 radical (unpaired) electrons. The minimum atomic E-state index is -0.244. The van der Waals surface area contributed by atoms with Crippen molar-refractivity contribution in [3.63, 3.8) is 0 Å². The van der Waals surface area contributed by atoms with E-state index in [0.717, 1.165) is 44.3 Å². The number of hydrogen-bond donors (Lipinski definition) is 2. The van der Waals surface area contributed by atoms with Gasteiger partial charge in [-0.3, -0.25) is 9.59 Å². The monoisotopic (exact) mass is 313 g/mol. The number of pyridine rings is 1. The topological polar surface area (TPSA) is 65.2 Å². The second kappa shape index (κ2) is 6.96. The molecule has 2 aromatic rings. The van der Waals surface area contributed by atoms with Gasteiger partial charge in [0, 0.05) is 36.1 Å². The zero-order valence-corrected chi connectivity index (χ0v) is 13.5. The van der Waals surface area contributed by atoms with Gasteiger partial charge in [-0.2, -0.15) is 0 Å². The number of piperidine rings is 1. The molecule has 5 nitrogen and oxygen atoms in total. The molecule has 2 N–H and O–H groups in total. The molecule has 0 spiro atoms. The van der Waals surface area contributed by atoms with Crippen LogP contribution in [-0.2, 0) is 0 Å². The maximum absolute atomic E-state index is 12.6. The maximum atomic E-state index is 12.6. The van der Waals surface area contributed by atoms with E-state index in [1.165, 1.54) is 6.07 Å². The van der Waals surface area contributed by atoms with Crippen molar-refractivity contribution in [2.75, 3.05) is 19.6 Å². The van der Waals surface area contributed by atoms with Crippen molar-refractivity contribution in [2.45, 2.75) is 32.2 Å². The van der Waals surface area contributed by atoms with Crippen LogP contribution in [0.1, 0.15) is 36.5 Å². The van der Waals surface area contributed by atoms with Gasteiger partial charge in [-0.25, -0.2) is 0 Å². The van der Waals surface area contributed by atoms with E-state index >= 15 is 0 Å². The van der Waals surface area contributed by atoms with Gasteiger partial charge < -0.3 is 15.2 Å². The molecule has 3 rings (SSSR count). The molecule has 1 aromatic heterocycles. The van der Waals surface area contributed by atoms with Crippen LogP contribution in [-0.4, -0.2) is 41.5 Å². The maximum Gasteiger partial charge on any atom is 0.252 e. The molecular formula is C18H23N3O2. The van der Waals surface area contributed by atoms with Gasteiger partial charge in [0.15, 0.2) is 0 Å². The molecular weight excluding hydrogens is 290 g/mol. The van der Waals surface area contributed by atoms with Crippen molar-refractivity contribution in [2.24, 2.45) is 0 Å². The van der Waals surface area contributed by atoms with Crippen LogP contribution in [0.25, 0.3) is 10.9 Å². The highest BCUT2D eigenvalue weighted by molar-refractivity contribution is 6.06. The van der Waals surface area contributed by atoms with E-state index in [1.807, 2.05) is 24.3 Å². The summed E-state index contributed by atoms with van der Waals surface area (Å²) in [5.74, 6) is -0.152. The minimum absolute atomic E-state index is 0.152. The highest BCUT2D eigenvalue weighted by Crippen LogP contribution is 2.16. The lowest BCUT2D eigenvalue weighted by Crippen LogP contribution is -2.45. The molecule has 0 unspecified atom stereocenters. The molecule has 0 aliphatic carbocycles. The van der Waals surface area contributed by atoms with Gasteiger partial charge in [-0.15, -0.1) is 0 Å². The first-order valence-corrected chi connectivity index (χ1v) is 8.32. The number of amides is 1. The van der Waals surface area contributed by atoms with Crippen LogP contribution in [0.15, 0.2) is 35.1 Å². The van der Waals surface area contributed by atoms with E-state index in [1.54, 1.807) is 0 Å². The second-order valence-corrected chi connectivity index (χ2v) is 6.18. The Bertz CT molecular complexity index is 745. The summed E-state index contributed by atoms with van der Waals surface area (Å²) in [4.78, 5) is 29.6. The molecule has 0 bridgehead atoms. The minimum Gasteiger partial charge on any atom is -0.349 e. The molecule has 1 fully saturated rings. The first-order chi connectivity index (χ1) is 11.2. The van der Waals surface area contributed by atoms with E-state index in [-0.39, 0.29) is 17.5 Å². The second-order valence-electron chi connectivity index (χ2n) is 6.18. The quantitative estimate of drug-likeness (QED) is 0.909. The summed E-state index contributed by atoms with van der Waals surface area (Å²) in [6.45, 7) is 5.36. The number of aromatic nitrogens is 1. The van der Waals surface area contributed by atoms with Crippen molar-refractivity contribution in [1.29, 1.82) is 0 Å². The van der Waals surface area contributed by atoms with Crippen molar-refractivity contribution < 1.29 is 4.79 Å². The first kappa shape index (κ1) is 15.7. The predicted molar refractivity (Wildman–Crippen MR) is 91.8 cm³/mol. The highest BCUT2D eigenvalue weighted by atomic mass is 16.2. The number of rotatable bonds is 4. The van der Waals surface area contributed by atoms with Crippen LogP contribution in [0.4, 0.5) is 0 Å². The lowest BCUT2D eigenvalue weighted by molar-refractivity contribution is 0.0912. The summed E-state index contributed by atoms with van der Waals surface area (Å²) in [5, 5.41) is 3.88. The van der Waals surface area contributed by atoms with E-state index in [2.05, 4.69) is 22.1 Å². The summed E-state index contributed by atoms with van der Waals surface area (Å²) in [5.41, 5.74) is 0.912. The number of carbonyl (C=O) groups is 1. The summed E-state index contributed by atoms with van der Waals surface area (Å²) < 4.78 is 0. The largest absolute Gasteiger partial charge is 0.349 e. The fourth-order valence-corrected chi connectivity index (χ4v) is 3.27. The summed E-state index contributed by atoms with van der Waals surface area (Å²) >= 11 is 0. The van der Waals surface area contributed by atoms with Gasteiger partial charge in [0.1, 0.15) is 0 Å². The molecule has 0 saturated carbocycles. The van der Waals surface area contributed by atoms with Crippen LogP contribution < -0.4 is 10.9 Å². The molecule has 2 heterocycles. The third-order valence-corrected chi connectivity index (χ3v) is 4.46. The Labute approximate surface area is 135 Å². The lowest BCUT2D eigenvalue weighted by atomic mass is 10.0. The Morgan fingerprint density at radius 2 is 2.04 bits per heavy atom. The van der Waals surface area contributed by atoms with Crippen LogP contribution in [0.5, 0.6) is 0 Å². The smallest absolute Gasteiger partial charge is 0.252 e. The van der Waals surface area contributed by atoms with Gasteiger partial charge in [0.05, 0.1) is 5.56 Å². The Kier molecular flexibility index (Phi) is 4.76. The van der Waals surface area contributed by atoms with Gasteiger partial charge in [0.25, 0.3) is 5.91 Å². The molecule has 122 valence electrons. The van der Waals surface area contributed by atoms with Crippen molar-refractivity contribution in [1.82, 2.24) is 15.2 Å². The van der Waals surface area contributed by atoms with E-state index in [4.69, 9.17) is 0 Å². The zero-order valence-electron chi connectivity index (χ0n) is 13.5. The Morgan fingerprint density at radius 3 is 2.78 bits per heavy atom. The predicted octanol–water partition coefficient (Wildman–Crippen LogP) is 2.13. The van der Waals surface area contributed by atoms with E-state index in [0.29, 0.717) is 11.1 Å². The molecule has 1 saturated heterocycles. The zero-order chi connectivity index (χ0) is 16.2. The molecule has 23 heavy (non-hydrogen) atoms. The lowest BCUT2D eigenvalue weighted by Gasteiger charge is -2.32. The number of para-hydroxylation sites is 1. The van der Waals surface area contributed by atoms with Crippen molar-refractivity contribution >= 4 is 16.8 Å². The molecule has 1 amide bonds. The number of nitrogens with one attached hydrogen (secondary N) is 2. The SMILES string of the molecule is CCCN1CCC(NC(=O)c2cc(=O)[nH]c3ccccc23)CC1. The molecule has 1 aliphatic rings. The summed E-state index contributed by atoms with van der Waals surface area (Å²) in [6.07, 6.45) is 3.09. The van der Waals surface area contributed by atoms with Crippen molar-refractivity contribution in [3.8, 4) is 0 Å². The number of nitrogens with zero attached hydrogens (tertiary/aromatic N) is 1.